The Hall–Kier alpha value is -4.61. The first-order valence-electron chi connectivity index (χ1n) is 15.8. The number of nitrogens with one attached hydrogen (secondary N) is 2. The van der Waals surface area contributed by atoms with Gasteiger partial charge < -0.3 is 26.2 Å². The summed E-state index contributed by atoms with van der Waals surface area (Å²) < 4.78 is 72.7. The van der Waals surface area contributed by atoms with E-state index in [1.54, 1.807) is 13.8 Å². The number of aliphatic hydroxyl groups is 1. The summed E-state index contributed by atoms with van der Waals surface area (Å²) in [6.45, 7) is 2.46. The van der Waals surface area contributed by atoms with Crippen molar-refractivity contribution in [3.05, 3.63) is 124 Å². The fourth-order valence-corrected chi connectivity index (χ4v) is 7.87. The highest BCUT2D eigenvalue weighted by Crippen LogP contribution is 2.40. The number of ether oxygens (including phenoxy) is 1. The van der Waals surface area contributed by atoms with Gasteiger partial charge in [0.1, 0.15) is 0 Å². The number of primary amides is 1. The van der Waals surface area contributed by atoms with Gasteiger partial charge in [-0.3, -0.25) is 14.4 Å². The number of sulfonamides is 1. The number of alkyl halides is 3. The normalized spacial score (nSPS) is 12.4. The zero-order valence-electron chi connectivity index (χ0n) is 29.0. The van der Waals surface area contributed by atoms with Gasteiger partial charge in [0.2, 0.25) is 21.8 Å². The summed E-state index contributed by atoms with van der Waals surface area (Å²) in [6.07, 6.45) is -3.77. The first-order valence-corrected chi connectivity index (χ1v) is 18.0. The van der Waals surface area contributed by atoms with Gasteiger partial charge in [0.15, 0.2) is 6.04 Å². The highest BCUT2D eigenvalue weighted by molar-refractivity contribution is 7.89. The average molecular weight is 765 g/mol. The van der Waals surface area contributed by atoms with Crippen molar-refractivity contribution in [3.8, 4) is 0 Å². The quantitative estimate of drug-likeness (QED) is 0.130. The second-order valence-corrected chi connectivity index (χ2v) is 14.3. The zero-order chi connectivity index (χ0) is 38.9. The van der Waals surface area contributed by atoms with Crippen molar-refractivity contribution in [1.82, 2.24) is 14.9 Å². The van der Waals surface area contributed by atoms with Crippen molar-refractivity contribution in [2.75, 3.05) is 27.3 Å². The van der Waals surface area contributed by atoms with Crippen LogP contribution in [0.5, 0.6) is 0 Å². The van der Waals surface area contributed by atoms with E-state index < -0.39 is 52.7 Å². The van der Waals surface area contributed by atoms with Gasteiger partial charge in [-0.15, -0.1) is 11.3 Å². The minimum atomic E-state index is -4.80. The van der Waals surface area contributed by atoms with Crippen molar-refractivity contribution >= 4 is 39.6 Å². The number of hydrogen-bond acceptors (Lipinski definition) is 9. The molecule has 0 aliphatic rings. The van der Waals surface area contributed by atoms with Crippen LogP contribution < -0.4 is 16.4 Å². The van der Waals surface area contributed by atoms with Crippen molar-refractivity contribution in [1.29, 1.82) is 0 Å². The first-order chi connectivity index (χ1) is 24.6. The number of benzene rings is 3. The van der Waals surface area contributed by atoms with Crippen LogP contribution in [0.25, 0.3) is 0 Å². The Morgan fingerprint density at radius 1 is 0.923 bits per heavy atom. The molecule has 0 saturated heterocycles. The van der Waals surface area contributed by atoms with Gasteiger partial charge in [0, 0.05) is 21.4 Å². The number of carbonyl (C=O) groups is 3. The Balaban J connectivity index is 0.000000449. The molecule has 2 unspecified atom stereocenters. The summed E-state index contributed by atoms with van der Waals surface area (Å²) in [4.78, 5) is 31.8. The lowest BCUT2D eigenvalue weighted by atomic mass is 10.1. The zero-order valence-corrected chi connectivity index (χ0v) is 30.7. The summed E-state index contributed by atoms with van der Waals surface area (Å²) in [7, 11) is -1.51. The molecule has 0 fully saturated rings. The molecule has 2 atom stereocenters. The lowest BCUT2D eigenvalue weighted by Crippen LogP contribution is -2.41. The van der Waals surface area contributed by atoms with Gasteiger partial charge in [-0.05, 0) is 74.8 Å². The van der Waals surface area contributed by atoms with Crippen LogP contribution in [0.3, 0.4) is 0 Å². The van der Waals surface area contributed by atoms with E-state index in [4.69, 9.17) is 10.5 Å². The topological polar surface area (TPSA) is 168 Å². The van der Waals surface area contributed by atoms with Crippen molar-refractivity contribution in [3.63, 3.8) is 0 Å². The number of methoxy groups -OCH3 is 1. The van der Waals surface area contributed by atoms with Gasteiger partial charge >= 0.3 is 6.18 Å². The lowest BCUT2D eigenvalue weighted by Gasteiger charge is -2.32. The molecule has 52 heavy (non-hydrogen) atoms. The molecule has 5 N–H and O–H groups in total. The molecule has 3 aromatic carbocycles. The van der Waals surface area contributed by atoms with E-state index in [0.29, 0.717) is 17.8 Å². The monoisotopic (exact) mass is 764 g/mol. The Bertz CT molecular complexity index is 1750. The highest BCUT2D eigenvalue weighted by Gasteiger charge is 2.43. The number of nitrogens with two attached hydrogens (primary N) is 1. The number of thiophene rings is 1. The molecule has 0 bridgehead atoms. The van der Waals surface area contributed by atoms with Crippen molar-refractivity contribution in [2.24, 2.45) is 5.73 Å². The van der Waals surface area contributed by atoms with E-state index >= 15 is 0 Å². The number of nitrogens with zero attached hydrogens (tertiary/aromatic N) is 1. The number of rotatable bonds is 14. The maximum absolute atomic E-state index is 13.7. The number of likely N-dealkylation sites (N-methyl/N-ethyl adjacent to an activating group) is 1. The van der Waals surface area contributed by atoms with E-state index in [9.17, 15) is 36.3 Å². The second-order valence-electron chi connectivity index (χ2n) is 11.3. The van der Waals surface area contributed by atoms with E-state index in [1.807, 2.05) is 5.32 Å². The van der Waals surface area contributed by atoms with E-state index in [1.165, 1.54) is 55.6 Å². The Morgan fingerprint density at radius 3 is 1.83 bits per heavy atom. The number of amides is 2. The second kappa shape index (κ2) is 21.0. The molecule has 0 spiro atoms. The van der Waals surface area contributed by atoms with Gasteiger partial charge in [0.05, 0.1) is 31.2 Å². The van der Waals surface area contributed by atoms with Crippen LogP contribution in [0.4, 0.5) is 13.2 Å². The van der Waals surface area contributed by atoms with E-state index in [2.05, 4.69) is 70.7 Å². The fraction of sp³-hybridized carbons (Fsp3) is 0.306. The molecule has 11 nitrogen and oxygen atoms in total. The largest absolute Gasteiger partial charge is 0.471 e. The summed E-state index contributed by atoms with van der Waals surface area (Å²) in [5, 5.41) is 14.5. The molecule has 0 saturated carbocycles. The maximum atomic E-state index is 13.7. The van der Waals surface area contributed by atoms with E-state index in [-0.39, 0.29) is 26.8 Å². The standard InChI is InChI=1S/C21H27F3N4O5S2.C13H12.C2H4O2/c1-12(2)28(35(32,33)14-6-4-13(5-7-14)20(25)31)15(11-29)16-8-9-17(34-16)19(21(22,23)24)27-18(30)10-26-3;1-3-7-12(8-4-1)11-13-9-5-2-6-10-13;1-4-2-3/h4-9,12,15,19,26,29H,10-11H2,1-3H3,(H2,25,31)(H,27,30);1-10H,11H2;2H,1H3. The van der Waals surface area contributed by atoms with Crippen molar-refractivity contribution in [2.45, 2.75) is 49.5 Å². The third-order valence-electron chi connectivity index (χ3n) is 7.12. The molecule has 2 amide bonds. The van der Waals surface area contributed by atoms with Gasteiger partial charge in [0.25, 0.3) is 6.47 Å². The third-order valence-corrected chi connectivity index (χ3v) is 10.5. The Morgan fingerprint density at radius 2 is 1.42 bits per heavy atom. The number of hydrogen-bond donors (Lipinski definition) is 4. The molecule has 0 aliphatic heterocycles. The van der Waals surface area contributed by atoms with Crippen LogP contribution in [-0.4, -0.2) is 75.6 Å². The van der Waals surface area contributed by atoms with Crippen LogP contribution >= 0.6 is 11.3 Å². The summed E-state index contributed by atoms with van der Waals surface area (Å²) in [5.41, 5.74) is 8.03. The summed E-state index contributed by atoms with van der Waals surface area (Å²) in [5.74, 6) is -1.61. The smallest absolute Gasteiger partial charge is 0.413 e. The molecule has 282 valence electrons. The minimum Gasteiger partial charge on any atom is -0.471 e. The lowest BCUT2D eigenvalue weighted by molar-refractivity contribution is -0.162. The Kier molecular flexibility index (Phi) is 17.6. The molecule has 4 rings (SSSR count). The third kappa shape index (κ3) is 13.2. The Labute approximate surface area is 305 Å². The van der Waals surface area contributed by atoms with Gasteiger partial charge in [-0.2, -0.15) is 17.5 Å². The molecular formula is C36H43F3N4O7S2. The van der Waals surface area contributed by atoms with Gasteiger partial charge in [-0.25, -0.2) is 8.42 Å². The average Bonchev–Trinajstić information content (AvgIpc) is 3.59. The maximum Gasteiger partial charge on any atom is 0.413 e. The molecule has 0 radical (unpaired) electrons. The van der Waals surface area contributed by atoms with Crippen LogP contribution in [0.2, 0.25) is 0 Å². The molecule has 0 aliphatic carbocycles. The predicted octanol–water partition coefficient (Wildman–Crippen LogP) is 4.99. The molecule has 4 aromatic rings. The predicted molar refractivity (Wildman–Crippen MR) is 193 cm³/mol. The molecule has 1 aromatic heterocycles. The van der Waals surface area contributed by atoms with Crippen LogP contribution in [-0.2, 0) is 30.8 Å². The highest BCUT2D eigenvalue weighted by atomic mass is 32.2. The van der Waals surface area contributed by atoms with Crippen LogP contribution in [0.1, 0.15) is 57.2 Å². The van der Waals surface area contributed by atoms with Crippen LogP contribution in [0, 0.1) is 0 Å². The number of halogens is 3. The summed E-state index contributed by atoms with van der Waals surface area (Å²) >= 11 is 0.642. The van der Waals surface area contributed by atoms with Gasteiger partial charge in [-0.1, -0.05) is 60.7 Å². The molecular weight excluding hydrogens is 722 g/mol. The SMILES string of the molecule is CNCC(=O)NC(c1ccc(C(CO)N(C(C)C)S(=O)(=O)c2ccc(C(N)=O)cc2)s1)C(F)(F)F.COC=O.c1ccc(Cc2ccccc2)cc1. The first kappa shape index (κ1) is 43.6. The minimum absolute atomic E-state index is 0.0974. The number of aliphatic hydroxyl groups excluding tert-OH is 1. The summed E-state index contributed by atoms with van der Waals surface area (Å²) in [6, 6.07) is 24.2. The number of carbonyl (C=O) groups excluding carboxylic acids is 3. The van der Waals surface area contributed by atoms with Crippen molar-refractivity contribution < 1.29 is 45.8 Å². The fourth-order valence-electron chi connectivity index (χ4n) is 4.83. The molecule has 16 heteroatoms. The van der Waals surface area contributed by atoms with Crippen LogP contribution in [0.15, 0.2) is 102 Å². The molecule has 1 heterocycles. The van der Waals surface area contributed by atoms with E-state index in [0.717, 1.165) is 16.8 Å².